The zero-order valence-electron chi connectivity index (χ0n) is 11.0. The number of halogens is 1. The third-order valence-electron chi connectivity index (χ3n) is 3.20. The van der Waals surface area contributed by atoms with Gasteiger partial charge >= 0.3 is 0 Å². The molecule has 3 heteroatoms. The second-order valence-electron chi connectivity index (χ2n) is 4.53. The van der Waals surface area contributed by atoms with Crippen LogP contribution in [-0.4, -0.2) is 17.3 Å². The molecule has 0 saturated heterocycles. The molecule has 0 spiro atoms. The Morgan fingerprint density at radius 2 is 2.06 bits per heavy atom. The number of rotatable bonds is 5. The summed E-state index contributed by atoms with van der Waals surface area (Å²) < 4.78 is 19.3. The van der Waals surface area contributed by atoms with Crippen LogP contribution in [0.2, 0.25) is 0 Å². The van der Waals surface area contributed by atoms with Crippen molar-refractivity contribution in [3.8, 4) is 0 Å². The molecular weight excluding hydrogens is 219 g/mol. The number of aryl methyl sites for hydroxylation is 1. The molecule has 1 aromatic rings. The van der Waals surface area contributed by atoms with Crippen LogP contribution in [0.5, 0.6) is 0 Å². The lowest BCUT2D eigenvalue weighted by atomic mass is 9.89. The molecular formula is C14H21FO2. The molecule has 96 valence electrons. The van der Waals surface area contributed by atoms with Crippen molar-refractivity contribution in [2.75, 3.05) is 6.61 Å². The Labute approximate surface area is 102 Å². The largest absolute Gasteiger partial charge is 0.385 e. The van der Waals surface area contributed by atoms with E-state index < -0.39 is 11.7 Å². The summed E-state index contributed by atoms with van der Waals surface area (Å²) in [4.78, 5) is 0. The molecule has 0 fully saturated rings. The van der Waals surface area contributed by atoms with Gasteiger partial charge in [0.2, 0.25) is 0 Å². The molecule has 1 aromatic carbocycles. The number of hydrogen-bond acceptors (Lipinski definition) is 2. The molecule has 0 aliphatic rings. The van der Waals surface area contributed by atoms with Gasteiger partial charge in [-0.2, -0.15) is 0 Å². The molecule has 2 nitrogen and oxygen atoms in total. The van der Waals surface area contributed by atoms with Crippen molar-refractivity contribution >= 4 is 0 Å². The number of hydrogen-bond donors (Lipinski definition) is 1. The van der Waals surface area contributed by atoms with Crippen LogP contribution in [0, 0.1) is 12.7 Å². The summed E-state index contributed by atoms with van der Waals surface area (Å²) in [5, 5.41) is 10.3. The van der Waals surface area contributed by atoms with Crippen molar-refractivity contribution in [2.45, 2.75) is 45.8 Å². The van der Waals surface area contributed by atoms with E-state index in [1.54, 1.807) is 12.1 Å². The first-order valence-corrected chi connectivity index (χ1v) is 6.02. The molecule has 0 amide bonds. The number of benzene rings is 1. The van der Waals surface area contributed by atoms with Crippen LogP contribution in [0.3, 0.4) is 0 Å². The van der Waals surface area contributed by atoms with Gasteiger partial charge in [0.15, 0.2) is 0 Å². The minimum Gasteiger partial charge on any atom is -0.385 e. The van der Waals surface area contributed by atoms with Crippen LogP contribution in [0.25, 0.3) is 0 Å². The Kier molecular flexibility index (Phi) is 4.66. The Balaban J connectivity index is 3.09. The molecule has 2 atom stereocenters. The van der Waals surface area contributed by atoms with Crippen LogP contribution in [0.15, 0.2) is 18.2 Å². The second kappa shape index (κ2) is 5.61. The summed E-state index contributed by atoms with van der Waals surface area (Å²) in [6.45, 7) is 7.97. The van der Waals surface area contributed by atoms with Crippen LogP contribution >= 0.6 is 0 Å². The summed E-state index contributed by atoms with van der Waals surface area (Å²) in [6, 6.07) is 4.75. The predicted octanol–water partition coefficient (Wildman–Crippen LogP) is 3.37. The molecule has 0 aromatic heterocycles. The van der Waals surface area contributed by atoms with Gasteiger partial charge in [0.25, 0.3) is 0 Å². The van der Waals surface area contributed by atoms with Crippen LogP contribution in [0.4, 0.5) is 4.39 Å². The van der Waals surface area contributed by atoms with Crippen molar-refractivity contribution in [1.29, 1.82) is 0 Å². The predicted molar refractivity (Wildman–Crippen MR) is 66.4 cm³/mol. The molecule has 1 N–H and O–H groups in total. The van der Waals surface area contributed by atoms with Crippen LogP contribution in [0.1, 0.15) is 44.4 Å². The zero-order valence-corrected chi connectivity index (χ0v) is 11.0. The van der Waals surface area contributed by atoms with E-state index in [9.17, 15) is 9.50 Å². The fourth-order valence-corrected chi connectivity index (χ4v) is 1.91. The van der Waals surface area contributed by atoms with E-state index in [4.69, 9.17) is 4.74 Å². The van der Waals surface area contributed by atoms with Gasteiger partial charge in [-0.25, -0.2) is 4.39 Å². The molecule has 0 heterocycles. The summed E-state index contributed by atoms with van der Waals surface area (Å²) in [7, 11) is 0. The van der Waals surface area contributed by atoms with Gasteiger partial charge in [-0.05, 0) is 33.3 Å². The Morgan fingerprint density at radius 3 is 2.59 bits per heavy atom. The minimum absolute atomic E-state index is 0.308. The van der Waals surface area contributed by atoms with Crippen molar-refractivity contribution in [3.63, 3.8) is 0 Å². The standard InChI is InChI=1S/C14H21FO2/c1-5-14(4,17-6-2)13(16)11-9-10(3)7-8-12(11)15/h7-9,13,16H,5-6H2,1-4H3. The normalized spacial score (nSPS) is 16.6. The second-order valence-corrected chi connectivity index (χ2v) is 4.53. The first kappa shape index (κ1) is 14.1. The first-order chi connectivity index (χ1) is 7.94. The number of aliphatic hydroxyl groups excluding tert-OH is 1. The average Bonchev–Trinajstić information content (AvgIpc) is 2.31. The van der Waals surface area contributed by atoms with E-state index >= 15 is 0 Å². The van der Waals surface area contributed by atoms with Crippen LogP contribution < -0.4 is 0 Å². The number of aliphatic hydroxyl groups is 1. The lowest BCUT2D eigenvalue weighted by Crippen LogP contribution is -2.36. The number of ether oxygens (including phenoxy) is 1. The maximum Gasteiger partial charge on any atom is 0.129 e. The molecule has 0 aliphatic carbocycles. The van der Waals surface area contributed by atoms with E-state index in [2.05, 4.69) is 0 Å². The zero-order chi connectivity index (χ0) is 13.1. The van der Waals surface area contributed by atoms with Gasteiger partial charge in [-0.3, -0.25) is 0 Å². The molecule has 0 saturated carbocycles. The minimum atomic E-state index is -0.952. The summed E-state index contributed by atoms with van der Waals surface area (Å²) in [5.74, 6) is -0.387. The molecule has 2 unspecified atom stereocenters. The van der Waals surface area contributed by atoms with Crippen molar-refractivity contribution < 1.29 is 14.2 Å². The van der Waals surface area contributed by atoms with Crippen molar-refractivity contribution in [3.05, 3.63) is 35.1 Å². The molecule has 17 heavy (non-hydrogen) atoms. The Hall–Kier alpha value is -0.930. The molecule has 0 bridgehead atoms. The van der Waals surface area contributed by atoms with Gasteiger partial charge in [-0.1, -0.05) is 24.6 Å². The lowest BCUT2D eigenvalue weighted by molar-refractivity contribution is -0.114. The molecule has 1 rings (SSSR count). The summed E-state index contributed by atoms with van der Waals surface area (Å²) in [5.41, 5.74) is 0.488. The quantitative estimate of drug-likeness (QED) is 0.855. The van der Waals surface area contributed by atoms with Crippen molar-refractivity contribution in [2.24, 2.45) is 0 Å². The van der Waals surface area contributed by atoms with Gasteiger partial charge in [0, 0.05) is 12.2 Å². The van der Waals surface area contributed by atoms with Crippen molar-refractivity contribution in [1.82, 2.24) is 0 Å². The van der Waals surface area contributed by atoms with Gasteiger partial charge in [0.1, 0.15) is 11.9 Å². The third kappa shape index (κ3) is 3.05. The van der Waals surface area contributed by atoms with E-state index in [0.717, 1.165) is 5.56 Å². The smallest absolute Gasteiger partial charge is 0.129 e. The van der Waals surface area contributed by atoms with E-state index in [1.165, 1.54) is 6.07 Å². The van der Waals surface area contributed by atoms with E-state index in [1.807, 2.05) is 27.7 Å². The highest BCUT2D eigenvalue weighted by Gasteiger charge is 2.34. The highest BCUT2D eigenvalue weighted by molar-refractivity contribution is 5.27. The average molecular weight is 240 g/mol. The monoisotopic (exact) mass is 240 g/mol. The van der Waals surface area contributed by atoms with E-state index in [-0.39, 0.29) is 5.82 Å². The first-order valence-electron chi connectivity index (χ1n) is 6.02. The Morgan fingerprint density at radius 1 is 1.41 bits per heavy atom. The fourth-order valence-electron chi connectivity index (χ4n) is 1.91. The maximum absolute atomic E-state index is 13.7. The summed E-state index contributed by atoms with van der Waals surface area (Å²) >= 11 is 0. The highest BCUT2D eigenvalue weighted by Crippen LogP contribution is 2.33. The third-order valence-corrected chi connectivity index (χ3v) is 3.20. The highest BCUT2D eigenvalue weighted by atomic mass is 19.1. The maximum atomic E-state index is 13.7. The van der Waals surface area contributed by atoms with Gasteiger partial charge < -0.3 is 9.84 Å². The Bertz CT molecular complexity index is 378. The fraction of sp³-hybridized carbons (Fsp3) is 0.571. The SMILES string of the molecule is CCOC(C)(CC)C(O)c1cc(C)ccc1F. The van der Waals surface area contributed by atoms with E-state index in [0.29, 0.717) is 18.6 Å². The van der Waals surface area contributed by atoms with Gasteiger partial charge in [-0.15, -0.1) is 0 Å². The van der Waals surface area contributed by atoms with Gasteiger partial charge in [0.05, 0.1) is 5.60 Å². The molecule has 0 aliphatic heterocycles. The van der Waals surface area contributed by atoms with Crippen LogP contribution in [-0.2, 0) is 4.74 Å². The topological polar surface area (TPSA) is 29.5 Å². The lowest BCUT2D eigenvalue weighted by Gasteiger charge is -2.33. The molecule has 0 radical (unpaired) electrons. The summed E-state index contributed by atoms with van der Waals surface area (Å²) in [6.07, 6.45) is -0.331.